The highest BCUT2D eigenvalue weighted by atomic mass is 16.7. The smallest absolute Gasteiger partial charge is 0.322 e. The molecule has 0 aromatic heterocycles. The summed E-state index contributed by atoms with van der Waals surface area (Å²) >= 11 is 0. The summed E-state index contributed by atoms with van der Waals surface area (Å²) in [6, 6.07) is 8.27. The Labute approximate surface area is 153 Å². The van der Waals surface area contributed by atoms with Crippen LogP contribution in [0.25, 0.3) is 0 Å². The second-order valence-corrected chi connectivity index (χ2v) is 6.86. The van der Waals surface area contributed by atoms with Crippen molar-refractivity contribution >= 4 is 11.9 Å². The summed E-state index contributed by atoms with van der Waals surface area (Å²) in [4.78, 5) is 25.6. The zero-order valence-electron chi connectivity index (χ0n) is 15.4. The maximum atomic E-state index is 12.0. The number of carboxylic acid groups (broad SMARTS) is 2. The topological polar surface area (TPSA) is 96.3 Å². The van der Waals surface area contributed by atoms with Gasteiger partial charge < -0.3 is 19.7 Å². The third kappa shape index (κ3) is 4.60. The van der Waals surface area contributed by atoms with Crippen LogP contribution in [0.4, 0.5) is 0 Å². The van der Waals surface area contributed by atoms with Gasteiger partial charge in [-0.1, -0.05) is 30.3 Å². The van der Waals surface area contributed by atoms with E-state index in [1.165, 1.54) is 6.92 Å². The van der Waals surface area contributed by atoms with Crippen molar-refractivity contribution in [2.24, 2.45) is 5.41 Å². The number of rotatable bonds is 8. The summed E-state index contributed by atoms with van der Waals surface area (Å²) in [5.74, 6) is -2.28. The lowest BCUT2D eigenvalue weighted by Gasteiger charge is -2.46. The van der Waals surface area contributed by atoms with Crippen molar-refractivity contribution in [3.05, 3.63) is 35.9 Å². The second-order valence-electron chi connectivity index (χ2n) is 6.86. The molecule has 0 saturated carbocycles. The normalized spacial score (nSPS) is 27.8. The fourth-order valence-corrected chi connectivity index (χ4v) is 3.66. The summed E-state index contributed by atoms with van der Waals surface area (Å²) in [6.07, 6.45) is -0.804. The number of carboxylic acids is 2. The fraction of sp³-hybridized carbons (Fsp3) is 0.579. The van der Waals surface area contributed by atoms with Crippen molar-refractivity contribution in [3.8, 4) is 0 Å². The Bertz CT molecular complexity index is 622. The Morgan fingerprint density at radius 2 is 1.96 bits per heavy atom. The number of ether oxygens (including phenoxy) is 2. The highest BCUT2D eigenvalue weighted by Gasteiger charge is 2.54. The zero-order chi connectivity index (χ0) is 19.3. The van der Waals surface area contributed by atoms with Crippen molar-refractivity contribution in [1.82, 2.24) is 4.90 Å². The SMILES string of the molecule is CCOC(C)O[C@@H]1CN(Cc2ccccc2)[C@H](C(=O)O)[C@@](C)(C(=O)O)C1. The van der Waals surface area contributed by atoms with Gasteiger partial charge in [-0.25, -0.2) is 0 Å². The van der Waals surface area contributed by atoms with E-state index in [9.17, 15) is 19.8 Å². The van der Waals surface area contributed by atoms with Crippen LogP contribution >= 0.6 is 0 Å². The summed E-state index contributed by atoms with van der Waals surface area (Å²) in [6.45, 7) is 6.23. The number of piperidine rings is 1. The summed E-state index contributed by atoms with van der Waals surface area (Å²) in [7, 11) is 0. The second kappa shape index (κ2) is 8.62. The molecule has 26 heavy (non-hydrogen) atoms. The highest BCUT2D eigenvalue weighted by Crippen LogP contribution is 2.38. The van der Waals surface area contributed by atoms with Gasteiger partial charge in [0.2, 0.25) is 0 Å². The average molecular weight is 365 g/mol. The standard InChI is InChI=1S/C19H27NO6/c1-4-25-13(2)26-15-10-19(3,18(23)24)16(17(21)22)20(12-15)11-14-8-6-5-7-9-14/h5-9,13,15-16H,4,10-12H2,1-3H3,(H,21,22)(H,23,24)/t13?,15-,16+,19-/m0/s1. The lowest BCUT2D eigenvalue weighted by atomic mass is 9.73. The predicted octanol–water partition coefficient (Wildman–Crippen LogP) is 2.20. The van der Waals surface area contributed by atoms with E-state index in [1.54, 1.807) is 11.8 Å². The monoisotopic (exact) mass is 365 g/mol. The first-order chi connectivity index (χ1) is 12.3. The molecule has 1 aromatic carbocycles. The van der Waals surface area contributed by atoms with Crippen LogP contribution in [0.1, 0.15) is 32.8 Å². The first-order valence-corrected chi connectivity index (χ1v) is 8.79. The molecule has 0 amide bonds. The fourth-order valence-electron chi connectivity index (χ4n) is 3.66. The molecule has 0 radical (unpaired) electrons. The summed E-state index contributed by atoms with van der Waals surface area (Å²) < 4.78 is 11.2. The molecule has 1 aromatic rings. The van der Waals surface area contributed by atoms with E-state index >= 15 is 0 Å². The molecule has 4 atom stereocenters. The van der Waals surface area contributed by atoms with Gasteiger partial charge in [0.05, 0.1) is 11.5 Å². The van der Waals surface area contributed by atoms with Gasteiger partial charge in [-0.05, 0) is 32.8 Å². The van der Waals surface area contributed by atoms with Gasteiger partial charge in [0.1, 0.15) is 6.04 Å². The Balaban J connectivity index is 2.30. The molecule has 1 heterocycles. The number of benzene rings is 1. The summed E-state index contributed by atoms with van der Waals surface area (Å²) in [5.41, 5.74) is -0.542. The van der Waals surface area contributed by atoms with E-state index in [-0.39, 0.29) is 6.42 Å². The van der Waals surface area contributed by atoms with Crippen molar-refractivity contribution in [3.63, 3.8) is 0 Å². The molecule has 1 saturated heterocycles. The van der Waals surface area contributed by atoms with Gasteiger partial charge in [0.25, 0.3) is 0 Å². The Hall–Kier alpha value is -1.96. The van der Waals surface area contributed by atoms with Crippen molar-refractivity contribution in [2.75, 3.05) is 13.2 Å². The number of likely N-dealkylation sites (tertiary alicyclic amines) is 1. The molecule has 7 nitrogen and oxygen atoms in total. The first-order valence-electron chi connectivity index (χ1n) is 8.79. The minimum absolute atomic E-state index is 0.113. The van der Waals surface area contributed by atoms with Crippen molar-refractivity contribution in [2.45, 2.75) is 52.2 Å². The Morgan fingerprint density at radius 1 is 1.31 bits per heavy atom. The van der Waals surface area contributed by atoms with E-state index in [4.69, 9.17) is 9.47 Å². The molecule has 0 bridgehead atoms. The number of nitrogens with zero attached hydrogens (tertiary/aromatic N) is 1. The van der Waals surface area contributed by atoms with Crippen LogP contribution in [0.3, 0.4) is 0 Å². The molecule has 0 spiro atoms. The molecule has 7 heteroatoms. The molecule has 2 rings (SSSR count). The molecule has 1 fully saturated rings. The molecule has 144 valence electrons. The van der Waals surface area contributed by atoms with E-state index in [2.05, 4.69) is 0 Å². The number of hydrogen-bond acceptors (Lipinski definition) is 5. The average Bonchev–Trinajstić information content (AvgIpc) is 2.55. The van der Waals surface area contributed by atoms with Crippen molar-refractivity contribution in [1.29, 1.82) is 0 Å². The lowest BCUT2D eigenvalue weighted by Crippen LogP contribution is -2.62. The maximum Gasteiger partial charge on any atom is 0.322 e. The van der Waals surface area contributed by atoms with Gasteiger partial charge in [-0.15, -0.1) is 0 Å². The first kappa shape index (κ1) is 20.4. The predicted molar refractivity (Wildman–Crippen MR) is 94.6 cm³/mol. The minimum atomic E-state index is -1.46. The zero-order valence-corrected chi connectivity index (χ0v) is 15.4. The quantitative estimate of drug-likeness (QED) is 0.682. The molecule has 1 aliphatic rings. The minimum Gasteiger partial charge on any atom is -0.481 e. The van der Waals surface area contributed by atoms with E-state index in [1.807, 2.05) is 37.3 Å². The maximum absolute atomic E-state index is 12.0. The van der Waals surface area contributed by atoms with Gasteiger partial charge in [0.15, 0.2) is 6.29 Å². The van der Waals surface area contributed by atoms with E-state index in [0.717, 1.165) is 5.56 Å². The Morgan fingerprint density at radius 3 is 2.50 bits per heavy atom. The van der Waals surface area contributed by atoms with Gasteiger partial charge in [-0.2, -0.15) is 0 Å². The number of carbonyl (C=O) groups is 2. The molecule has 1 unspecified atom stereocenters. The van der Waals surface area contributed by atoms with Gasteiger partial charge in [0, 0.05) is 19.7 Å². The van der Waals surface area contributed by atoms with Crippen LogP contribution in [0, 0.1) is 5.41 Å². The third-order valence-electron chi connectivity index (χ3n) is 4.79. The van der Waals surface area contributed by atoms with E-state index < -0.39 is 35.8 Å². The van der Waals surface area contributed by atoms with Crippen LogP contribution in [0.15, 0.2) is 30.3 Å². The molecule has 1 aliphatic heterocycles. The molecule has 2 N–H and O–H groups in total. The van der Waals surface area contributed by atoms with Gasteiger partial charge in [-0.3, -0.25) is 14.5 Å². The van der Waals surface area contributed by atoms with E-state index in [0.29, 0.717) is 19.7 Å². The lowest BCUT2D eigenvalue weighted by molar-refractivity contribution is -0.201. The third-order valence-corrected chi connectivity index (χ3v) is 4.79. The number of hydrogen-bond donors (Lipinski definition) is 2. The summed E-state index contributed by atoms with van der Waals surface area (Å²) in [5, 5.41) is 19.5. The molecule has 0 aliphatic carbocycles. The Kier molecular flexibility index (Phi) is 6.75. The largest absolute Gasteiger partial charge is 0.481 e. The van der Waals surface area contributed by atoms with Gasteiger partial charge >= 0.3 is 11.9 Å². The van der Waals surface area contributed by atoms with Crippen LogP contribution in [0.5, 0.6) is 0 Å². The van der Waals surface area contributed by atoms with Crippen LogP contribution < -0.4 is 0 Å². The van der Waals surface area contributed by atoms with Crippen LogP contribution in [0.2, 0.25) is 0 Å². The van der Waals surface area contributed by atoms with Crippen molar-refractivity contribution < 1.29 is 29.3 Å². The van der Waals surface area contributed by atoms with Crippen LogP contribution in [-0.2, 0) is 25.6 Å². The number of aliphatic carboxylic acids is 2. The molecular weight excluding hydrogens is 338 g/mol. The van der Waals surface area contributed by atoms with Crippen LogP contribution in [-0.4, -0.2) is 58.6 Å². The molecular formula is C19H27NO6. The highest BCUT2D eigenvalue weighted by molar-refractivity contribution is 5.86.